The number of hydrogen-bond donors (Lipinski definition) is 1. The number of benzene rings is 2. The summed E-state index contributed by atoms with van der Waals surface area (Å²) in [6, 6.07) is 12.2. The molecule has 3 rings (SSSR count). The summed E-state index contributed by atoms with van der Waals surface area (Å²) >= 11 is 0. The molecular formula is C18H20O2. The van der Waals surface area contributed by atoms with E-state index in [1.807, 2.05) is 31.2 Å². The van der Waals surface area contributed by atoms with E-state index in [-0.39, 0.29) is 0 Å². The zero-order valence-electron chi connectivity index (χ0n) is 12.0. The largest absolute Gasteiger partial charge is 0.493 e. The molecular weight excluding hydrogens is 248 g/mol. The Bertz CT molecular complexity index is 631. The number of aliphatic hydroxyl groups is 1. The smallest absolute Gasteiger partial charge is 0.122 e. The van der Waals surface area contributed by atoms with Crippen molar-refractivity contribution in [2.75, 3.05) is 6.61 Å². The Morgan fingerprint density at radius 1 is 1.10 bits per heavy atom. The Balaban J connectivity index is 1.95. The first-order valence-corrected chi connectivity index (χ1v) is 7.16. The summed E-state index contributed by atoms with van der Waals surface area (Å²) in [5, 5.41) is 10.6. The van der Waals surface area contributed by atoms with E-state index in [4.69, 9.17) is 4.74 Å². The maximum Gasteiger partial charge on any atom is 0.122 e. The van der Waals surface area contributed by atoms with Crippen molar-refractivity contribution < 1.29 is 9.84 Å². The second-order valence-electron chi connectivity index (χ2n) is 5.58. The maximum atomic E-state index is 10.6. The SMILES string of the molecule is Cc1ccc(C(O)c2ccc3c(c2)CCCO3)c(C)c1. The molecule has 0 aromatic heterocycles. The molecule has 1 aliphatic heterocycles. The molecule has 1 heterocycles. The van der Waals surface area contributed by atoms with Crippen molar-refractivity contribution in [3.8, 4) is 5.75 Å². The van der Waals surface area contributed by atoms with E-state index in [0.717, 1.165) is 41.9 Å². The van der Waals surface area contributed by atoms with Gasteiger partial charge in [0.1, 0.15) is 11.9 Å². The topological polar surface area (TPSA) is 29.5 Å². The van der Waals surface area contributed by atoms with Crippen LogP contribution in [-0.2, 0) is 6.42 Å². The third kappa shape index (κ3) is 2.44. The van der Waals surface area contributed by atoms with Crippen molar-refractivity contribution in [1.82, 2.24) is 0 Å². The highest BCUT2D eigenvalue weighted by Crippen LogP contribution is 2.31. The van der Waals surface area contributed by atoms with Gasteiger partial charge < -0.3 is 9.84 Å². The number of aryl methyl sites for hydroxylation is 3. The fourth-order valence-corrected chi connectivity index (χ4v) is 2.86. The number of aliphatic hydroxyl groups excluding tert-OH is 1. The second-order valence-corrected chi connectivity index (χ2v) is 5.58. The summed E-state index contributed by atoms with van der Waals surface area (Å²) in [7, 11) is 0. The first kappa shape index (κ1) is 13.2. The van der Waals surface area contributed by atoms with E-state index < -0.39 is 6.10 Å². The highest BCUT2D eigenvalue weighted by molar-refractivity contribution is 5.43. The summed E-state index contributed by atoms with van der Waals surface area (Å²) in [5.41, 5.74) is 5.48. The first-order valence-electron chi connectivity index (χ1n) is 7.16. The van der Waals surface area contributed by atoms with Gasteiger partial charge in [0.25, 0.3) is 0 Å². The fourth-order valence-electron chi connectivity index (χ4n) is 2.86. The molecule has 2 heteroatoms. The normalized spacial score (nSPS) is 15.3. The minimum atomic E-state index is -0.567. The van der Waals surface area contributed by atoms with E-state index in [1.165, 1.54) is 11.1 Å². The maximum absolute atomic E-state index is 10.6. The Labute approximate surface area is 120 Å². The summed E-state index contributed by atoms with van der Waals surface area (Å²) < 4.78 is 5.62. The Morgan fingerprint density at radius 2 is 1.95 bits per heavy atom. The standard InChI is InChI=1S/C18H20O2/c1-12-5-7-16(13(2)10-12)18(19)15-6-8-17-14(11-15)4-3-9-20-17/h5-8,10-11,18-19H,3-4,9H2,1-2H3. The second kappa shape index (κ2) is 5.29. The van der Waals surface area contributed by atoms with Crippen LogP contribution in [0.5, 0.6) is 5.75 Å². The van der Waals surface area contributed by atoms with Crippen LogP contribution in [0, 0.1) is 13.8 Å². The third-order valence-corrected chi connectivity index (χ3v) is 3.97. The predicted molar refractivity (Wildman–Crippen MR) is 80.2 cm³/mol. The van der Waals surface area contributed by atoms with Crippen molar-refractivity contribution in [3.63, 3.8) is 0 Å². The molecule has 104 valence electrons. The Kier molecular flexibility index (Phi) is 3.49. The van der Waals surface area contributed by atoms with Gasteiger partial charge in [0.15, 0.2) is 0 Å². The van der Waals surface area contributed by atoms with Gasteiger partial charge in [-0.1, -0.05) is 29.8 Å². The molecule has 2 aromatic rings. The number of hydrogen-bond acceptors (Lipinski definition) is 2. The molecule has 1 unspecified atom stereocenters. The summed E-state index contributed by atoms with van der Waals surface area (Å²) in [6.07, 6.45) is 1.52. The highest BCUT2D eigenvalue weighted by atomic mass is 16.5. The van der Waals surface area contributed by atoms with Gasteiger partial charge in [-0.25, -0.2) is 0 Å². The highest BCUT2D eigenvalue weighted by Gasteiger charge is 2.16. The van der Waals surface area contributed by atoms with E-state index in [1.54, 1.807) is 0 Å². The monoisotopic (exact) mass is 268 g/mol. The van der Waals surface area contributed by atoms with E-state index >= 15 is 0 Å². The van der Waals surface area contributed by atoms with Crippen LogP contribution in [0.1, 0.15) is 40.3 Å². The summed E-state index contributed by atoms with van der Waals surface area (Å²) in [5.74, 6) is 0.966. The molecule has 1 atom stereocenters. The zero-order valence-corrected chi connectivity index (χ0v) is 12.0. The van der Waals surface area contributed by atoms with Gasteiger partial charge in [-0.2, -0.15) is 0 Å². The van der Waals surface area contributed by atoms with Crippen molar-refractivity contribution >= 4 is 0 Å². The van der Waals surface area contributed by atoms with Gasteiger partial charge in [-0.15, -0.1) is 0 Å². The molecule has 0 spiro atoms. The molecule has 2 nitrogen and oxygen atoms in total. The molecule has 1 N–H and O–H groups in total. The number of ether oxygens (including phenoxy) is 1. The van der Waals surface area contributed by atoms with Crippen LogP contribution in [0.15, 0.2) is 36.4 Å². The lowest BCUT2D eigenvalue weighted by atomic mass is 9.94. The lowest BCUT2D eigenvalue weighted by Crippen LogP contribution is -2.10. The number of rotatable bonds is 2. The van der Waals surface area contributed by atoms with Crippen LogP contribution in [0.25, 0.3) is 0 Å². The van der Waals surface area contributed by atoms with E-state index in [2.05, 4.69) is 19.1 Å². The predicted octanol–water partition coefficient (Wildman–Crippen LogP) is 3.71. The lowest BCUT2D eigenvalue weighted by molar-refractivity contribution is 0.218. The van der Waals surface area contributed by atoms with Gasteiger partial charge in [-0.05, 0) is 61.1 Å². The van der Waals surface area contributed by atoms with Gasteiger partial charge in [0.05, 0.1) is 6.61 Å². The van der Waals surface area contributed by atoms with Gasteiger partial charge in [-0.3, -0.25) is 0 Å². The van der Waals surface area contributed by atoms with Crippen molar-refractivity contribution in [3.05, 3.63) is 64.2 Å². The van der Waals surface area contributed by atoms with Gasteiger partial charge in [0.2, 0.25) is 0 Å². The molecule has 1 aliphatic rings. The van der Waals surface area contributed by atoms with Crippen LogP contribution < -0.4 is 4.74 Å². The molecule has 0 radical (unpaired) electrons. The van der Waals surface area contributed by atoms with Crippen molar-refractivity contribution in [1.29, 1.82) is 0 Å². The average Bonchev–Trinajstić information content (AvgIpc) is 2.46. The van der Waals surface area contributed by atoms with Gasteiger partial charge in [0, 0.05) is 0 Å². The lowest BCUT2D eigenvalue weighted by Gasteiger charge is -2.20. The molecule has 0 aliphatic carbocycles. The van der Waals surface area contributed by atoms with Crippen molar-refractivity contribution in [2.45, 2.75) is 32.8 Å². The molecule has 0 amide bonds. The van der Waals surface area contributed by atoms with E-state index in [0.29, 0.717) is 0 Å². The quantitative estimate of drug-likeness (QED) is 0.899. The van der Waals surface area contributed by atoms with E-state index in [9.17, 15) is 5.11 Å². The van der Waals surface area contributed by atoms with Crippen LogP contribution >= 0.6 is 0 Å². The van der Waals surface area contributed by atoms with Crippen LogP contribution in [-0.4, -0.2) is 11.7 Å². The Morgan fingerprint density at radius 3 is 2.75 bits per heavy atom. The van der Waals surface area contributed by atoms with Crippen LogP contribution in [0.3, 0.4) is 0 Å². The zero-order chi connectivity index (χ0) is 14.1. The van der Waals surface area contributed by atoms with Crippen LogP contribution in [0.4, 0.5) is 0 Å². The first-order chi connectivity index (χ1) is 9.65. The molecule has 0 bridgehead atoms. The Hall–Kier alpha value is -1.80. The molecule has 0 saturated heterocycles. The molecule has 0 fully saturated rings. The average molecular weight is 268 g/mol. The third-order valence-electron chi connectivity index (χ3n) is 3.97. The summed E-state index contributed by atoms with van der Waals surface area (Å²) in [4.78, 5) is 0. The number of fused-ring (bicyclic) bond motifs is 1. The molecule has 20 heavy (non-hydrogen) atoms. The minimum absolute atomic E-state index is 0.567. The van der Waals surface area contributed by atoms with Crippen LogP contribution in [0.2, 0.25) is 0 Å². The fraction of sp³-hybridized carbons (Fsp3) is 0.333. The minimum Gasteiger partial charge on any atom is -0.493 e. The van der Waals surface area contributed by atoms with Crippen molar-refractivity contribution in [2.24, 2.45) is 0 Å². The van der Waals surface area contributed by atoms with Gasteiger partial charge >= 0.3 is 0 Å². The molecule has 2 aromatic carbocycles. The molecule has 0 saturated carbocycles. The summed E-state index contributed by atoms with van der Waals surface area (Å²) in [6.45, 7) is 4.92.